The zero-order valence-electron chi connectivity index (χ0n) is 23.0. The van der Waals surface area contributed by atoms with E-state index in [1.807, 2.05) is 17.0 Å². The number of rotatable bonds is 6. The monoisotopic (exact) mass is 561 g/mol. The lowest BCUT2D eigenvalue weighted by atomic mass is 10.0. The van der Waals surface area contributed by atoms with E-state index in [9.17, 15) is 9.90 Å². The predicted octanol–water partition coefficient (Wildman–Crippen LogP) is 4.09. The van der Waals surface area contributed by atoms with Gasteiger partial charge >= 0.3 is 0 Å². The summed E-state index contributed by atoms with van der Waals surface area (Å²) < 4.78 is 32.4. The summed E-state index contributed by atoms with van der Waals surface area (Å²) >= 11 is 0. The third-order valence-corrected chi connectivity index (χ3v) is 8.22. The van der Waals surface area contributed by atoms with Crippen molar-refractivity contribution in [3.8, 4) is 0 Å². The van der Waals surface area contributed by atoms with Crippen molar-refractivity contribution in [1.29, 1.82) is 0 Å². The van der Waals surface area contributed by atoms with Gasteiger partial charge in [-0.15, -0.1) is 0 Å². The van der Waals surface area contributed by atoms with Crippen molar-refractivity contribution in [1.82, 2.24) is 29.4 Å². The number of aliphatic hydroxyl groups is 1. The number of aryl methyl sites for hydroxylation is 1. The number of fused-ring (bicyclic) bond motifs is 1. The molecule has 11 heteroatoms. The number of piperidine rings is 2. The number of amides is 1. The van der Waals surface area contributed by atoms with Crippen LogP contribution in [0.5, 0.6) is 0 Å². The van der Waals surface area contributed by atoms with Crippen molar-refractivity contribution in [3.63, 3.8) is 0 Å². The van der Waals surface area contributed by atoms with E-state index in [1.54, 1.807) is 17.0 Å². The molecule has 2 saturated heterocycles. The fourth-order valence-corrected chi connectivity index (χ4v) is 5.88. The minimum absolute atomic E-state index is 0.0475. The average molecular weight is 562 g/mol. The highest BCUT2D eigenvalue weighted by Crippen LogP contribution is 2.31. The maximum atomic E-state index is 15.4. The first kappa shape index (κ1) is 27.2. The van der Waals surface area contributed by atoms with Gasteiger partial charge in [-0.25, -0.2) is 28.7 Å². The van der Waals surface area contributed by atoms with Crippen LogP contribution in [0, 0.1) is 11.6 Å². The van der Waals surface area contributed by atoms with Gasteiger partial charge < -0.3 is 19.5 Å². The first-order chi connectivity index (χ1) is 19.9. The van der Waals surface area contributed by atoms with E-state index in [4.69, 9.17) is 0 Å². The summed E-state index contributed by atoms with van der Waals surface area (Å²) in [5, 5.41) is 10.2. The fourth-order valence-electron chi connectivity index (χ4n) is 5.88. The number of aliphatic hydroxyl groups excluding tert-OH is 1. The van der Waals surface area contributed by atoms with Gasteiger partial charge in [0.2, 0.25) is 5.95 Å². The summed E-state index contributed by atoms with van der Waals surface area (Å²) in [7, 11) is 0. The van der Waals surface area contributed by atoms with Gasteiger partial charge in [0.15, 0.2) is 5.82 Å². The van der Waals surface area contributed by atoms with Gasteiger partial charge in [0, 0.05) is 62.8 Å². The number of hydrogen-bond donors (Lipinski definition) is 1. The van der Waals surface area contributed by atoms with E-state index in [2.05, 4.69) is 31.8 Å². The third-order valence-electron chi connectivity index (χ3n) is 8.22. The summed E-state index contributed by atoms with van der Waals surface area (Å²) in [6.45, 7) is 4.33. The average Bonchev–Trinajstić information content (AvgIpc) is 3.35. The van der Waals surface area contributed by atoms with Gasteiger partial charge in [-0.05, 0) is 55.4 Å². The van der Waals surface area contributed by atoms with Crippen LogP contribution in [-0.4, -0.2) is 72.7 Å². The fraction of sp³-hybridized carbons (Fsp3) is 0.433. The van der Waals surface area contributed by atoms with Crippen molar-refractivity contribution in [2.45, 2.75) is 57.6 Å². The number of carbonyl (C=O) groups excluding carboxylic acids is 1. The molecule has 2 aliphatic heterocycles. The number of nitrogens with zero attached hydrogens (tertiary/aromatic N) is 7. The van der Waals surface area contributed by atoms with E-state index < -0.39 is 17.7 Å². The topological polar surface area (TPSA) is 100 Å². The van der Waals surface area contributed by atoms with Crippen LogP contribution in [0.1, 0.15) is 65.8 Å². The summed E-state index contributed by atoms with van der Waals surface area (Å²) in [6, 6.07) is 4.39. The highest BCUT2D eigenvalue weighted by atomic mass is 19.1. The van der Waals surface area contributed by atoms with E-state index in [0.717, 1.165) is 37.9 Å². The van der Waals surface area contributed by atoms with Crippen molar-refractivity contribution < 1.29 is 18.7 Å². The molecule has 41 heavy (non-hydrogen) atoms. The SMILES string of the molecule is CCc1cnc(N2CCC(n3cc(F)c4c(Cc5ccc(C(=O)N6CCC[C@@H](O)C6)cc5F)ncnc43)CC2)nc1. The number of aromatic nitrogens is 5. The first-order valence-electron chi connectivity index (χ1n) is 14.2. The van der Waals surface area contributed by atoms with Crippen molar-refractivity contribution in [3.05, 3.63) is 77.1 Å². The molecule has 214 valence electrons. The lowest BCUT2D eigenvalue weighted by molar-refractivity contribution is 0.0473. The van der Waals surface area contributed by atoms with Crippen LogP contribution in [-0.2, 0) is 12.8 Å². The Hall–Kier alpha value is -3.99. The number of hydrogen-bond acceptors (Lipinski definition) is 7. The van der Waals surface area contributed by atoms with Crippen LogP contribution < -0.4 is 4.90 Å². The molecule has 0 bridgehead atoms. The number of β-amino-alcohol motifs (C(OH)–C–C–N with tert-alkyl or cyclic N) is 1. The Labute approximate surface area is 236 Å². The van der Waals surface area contributed by atoms with Crippen LogP contribution in [0.4, 0.5) is 14.7 Å². The molecule has 9 nitrogen and oxygen atoms in total. The predicted molar refractivity (Wildman–Crippen MR) is 150 cm³/mol. The Morgan fingerprint density at radius 1 is 1.02 bits per heavy atom. The van der Waals surface area contributed by atoms with Crippen LogP contribution in [0.3, 0.4) is 0 Å². The maximum absolute atomic E-state index is 15.4. The Morgan fingerprint density at radius 2 is 1.80 bits per heavy atom. The van der Waals surface area contributed by atoms with Crippen molar-refractivity contribution in [2.75, 3.05) is 31.1 Å². The summed E-state index contributed by atoms with van der Waals surface area (Å²) in [6.07, 6.45) is 9.90. The highest BCUT2D eigenvalue weighted by molar-refractivity contribution is 5.94. The number of carbonyl (C=O) groups is 1. The summed E-state index contributed by atoms with van der Waals surface area (Å²) in [4.78, 5) is 34.2. The second-order valence-corrected chi connectivity index (χ2v) is 10.9. The molecule has 1 N–H and O–H groups in total. The van der Waals surface area contributed by atoms with Gasteiger partial charge in [-0.1, -0.05) is 13.0 Å². The van der Waals surface area contributed by atoms with Crippen molar-refractivity contribution >= 4 is 22.9 Å². The zero-order valence-corrected chi connectivity index (χ0v) is 23.0. The molecule has 0 aliphatic carbocycles. The van der Waals surface area contributed by atoms with Crippen LogP contribution >= 0.6 is 0 Å². The Balaban J connectivity index is 1.18. The standard InChI is InChI=1S/C30H33F2N7O2/c1-2-19-14-33-30(34-15-19)37-10-7-22(8-11-37)39-17-25(32)27-26(35-18-36-28(27)39)13-20-5-6-21(12-24(20)31)29(41)38-9-3-4-23(40)16-38/h5-6,12,14-15,17-18,22-23,40H,2-4,7-11,13,16H2,1H3/t23-/m1/s1. The normalized spacial score (nSPS) is 18.3. The molecule has 3 aromatic heterocycles. The smallest absolute Gasteiger partial charge is 0.254 e. The van der Waals surface area contributed by atoms with Crippen molar-refractivity contribution in [2.24, 2.45) is 0 Å². The number of anilines is 1. The van der Waals surface area contributed by atoms with Gasteiger partial charge in [0.25, 0.3) is 5.91 Å². The van der Waals surface area contributed by atoms with E-state index in [0.29, 0.717) is 42.2 Å². The lowest BCUT2D eigenvalue weighted by Crippen LogP contribution is -2.42. The minimum Gasteiger partial charge on any atom is -0.391 e. The van der Waals surface area contributed by atoms with E-state index in [1.165, 1.54) is 18.6 Å². The van der Waals surface area contributed by atoms with Gasteiger partial charge in [-0.3, -0.25) is 4.79 Å². The Kier molecular flexibility index (Phi) is 7.61. The molecule has 1 aromatic carbocycles. The quantitative estimate of drug-likeness (QED) is 0.379. The Bertz CT molecular complexity index is 1550. The zero-order chi connectivity index (χ0) is 28.5. The number of halogens is 2. The molecule has 2 fully saturated rings. The Morgan fingerprint density at radius 3 is 2.51 bits per heavy atom. The van der Waals surface area contributed by atoms with Gasteiger partial charge in [0.1, 0.15) is 17.8 Å². The molecular formula is C30H33F2N7O2. The maximum Gasteiger partial charge on any atom is 0.254 e. The molecule has 0 unspecified atom stereocenters. The molecule has 5 heterocycles. The molecule has 1 amide bonds. The molecule has 1 atom stereocenters. The third kappa shape index (κ3) is 5.50. The second-order valence-electron chi connectivity index (χ2n) is 10.9. The van der Waals surface area contributed by atoms with E-state index >= 15 is 8.78 Å². The first-order valence-corrected chi connectivity index (χ1v) is 14.2. The lowest BCUT2D eigenvalue weighted by Gasteiger charge is -2.32. The molecular weight excluding hydrogens is 528 g/mol. The number of benzene rings is 1. The van der Waals surface area contributed by atoms with Gasteiger partial charge in [-0.2, -0.15) is 0 Å². The molecule has 6 rings (SSSR count). The van der Waals surface area contributed by atoms with Crippen LogP contribution in [0.2, 0.25) is 0 Å². The second kappa shape index (κ2) is 11.5. The molecule has 0 saturated carbocycles. The minimum atomic E-state index is -0.557. The molecule has 4 aromatic rings. The van der Waals surface area contributed by atoms with E-state index in [-0.39, 0.29) is 35.9 Å². The summed E-state index contributed by atoms with van der Waals surface area (Å²) in [5.74, 6) is -0.594. The van der Waals surface area contributed by atoms with Crippen LogP contribution in [0.15, 0.2) is 43.1 Å². The van der Waals surface area contributed by atoms with Gasteiger partial charge in [0.05, 0.1) is 17.2 Å². The molecule has 0 radical (unpaired) electrons. The largest absolute Gasteiger partial charge is 0.391 e. The summed E-state index contributed by atoms with van der Waals surface area (Å²) in [5.41, 5.74) is 2.52. The highest BCUT2D eigenvalue weighted by Gasteiger charge is 2.27. The molecule has 0 spiro atoms. The van der Waals surface area contributed by atoms with Crippen LogP contribution in [0.25, 0.3) is 11.0 Å². The molecule has 2 aliphatic rings. The number of likely N-dealkylation sites (tertiary alicyclic amines) is 1.